The van der Waals surface area contributed by atoms with E-state index in [1.807, 2.05) is 47.2 Å². The predicted octanol–water partition coefficient (Wildman–Crippen LogP) is 11.1. The van der Waals surface area contributed by atoms with Crippen LogP contribution in [0, 0.1) is 40.8 Å². The van der Waals surface area contributed by atoms with Crippen molar-refractivity contribution in [1.82, 2.24) is 0 Å². The third-order valence-corrected chi connectivity index (χ3v) is 12.7. The Morgan fingerprint density at radius 3 is 2.08 bits per heavy atom. The standard InChI is InChI=1S/C25H18NO.C23H32NSi.Ir/c1-17-14-24-22(16-21(17)23-10-6-7-13-26(23)2)20-12-11-19(15-25(20)27-24)18-8-4-3-5-9-18;1-17-11-12-21(18(2)13-17)22-15-20(14-19-9-7-8-10-19)23(16-24(22)3)25(4,5)6;/h3-16H,1-2H2;11-13,15-16,19H,2-3,7-10,14H2,1,4-6H3;/q2*-1;. The summed E-state index contributed by atoms with van der Waals surface area (Å²) >= 11 is 0. The molecule has 1 aliphatic rings. The van der Waals surface area contributed by atoms with Crippen molar-refractivity contribution in [1.29, 1.82) is 0 Å². The Hall–Kier alpha value is -4.67. The summed E-state index contributed by atoms with van der Waals surface area (Å²) in [6.45, 7) is 17.9. The van der Waals surface area contributed by atoms with Gasteiger partial charge in [-0.1, -0.05) is 125 Å². The van der Waals surface area contributed by atoms with Gasteiger partial charge in [0, 0.05) is 45.0 Å². The second-order valence-corrected chi connectivity index (χ2v) is 20.6. The van der Waals surface area contributed by atoms with E-state index in [-0.39, 0.29) is 20.1 Å². The van der Waals surface area contributed by atoms with Crippen LogP contribution in [0.1, 0.15) is 47.9 Å². The minimum absolute atomic E-state index is 0. The van der Waals surface area contributed by atoms with Crippen molar-refractivity contribution < 1.29 is 33.7 Å². The van der Waals surface area contributed by atoms with E-state index in [9.17, 15) is 0 Å². The number of furan rings is 1. The van der Waals surface area contributed by atoms with Crippen LogP contribution in [0.3, 0.4) is 0 Å². The minimum atomic E-state index is -1.40. The summed E-state index contributed by atoms with van der Waals surface area (Å²) in [6, 6.07) is 35.9. The monoisotopic (exact) mass is 891 g/mol. The summed E-state index contributed by atoms with van der Waals surface area (Å²) in [7, 11) is 6.99. The topological polar surface area (TPSA) is 20.9 Å². The van der Waals surface area contributed by atoms with Crippen molar-refractivity contribution in [3.63, 3.8) is 0 Å². The van der Waals surface area contributed by atoms with Crippen molar-refractivity contribution in [3.8, 4) is 33.6 Å². The summed E-state index contributed by atoms with van der Waals surface area (Å²) in [5.41, 5.74) is 13.4. The van der Waals surface area contributed by atoms with Crippen LogP contribution in [0.4, 0.5) is 0 Å². The molecular formula is C48H50IrN2OSi-2. The van der Waals surface area contributed by atoms with Crippen LogP contribution in [0.25, 0.3) is 55.6 Å². The molecule has 3 aromatic heterocycles. The molecule has 0 aliphatic heterocycles. The molecule has 0 unspecified atom stereocenters. The van der Waals surface area contributed by atoms with Crippen LogP contribution in [-0.4, -0.2) is 8.07 Å². The molecule has 0 amide bonds. The van der Waals surface area contributed by atoms with E-state index in [4.69, 9.17) is 4.42 Å². The van der Waals surface area contributed by atoms with Gasteiger partial charge in [-0.3, -0.25) is 0 Å². The number of hydrogen-bond acceptors (Lipinski definition) is 1. The van der Waals surface area contributed by atoms with E-state index in [2.05, 4.69) is 132 Å². The van der Waals surface area contributed by atoms with Crippen molar-refractivity contribution >= 4 is 35.2 Å². The fourth-order valence-electron chi connectivity index (χ4n) is 7.84. The fraction of sp³-hybridized carbons (Fsp3) is 0.208. The molecule has 0 spiro atoms. The van der Waals surface area contributed by atoms with Gasteiger partial charge in [0.15, 0.2) is 0 Å². The average Bonchev–Trinajstić information content (AvgIpc) is 3.76. The quantitative estimate of drug-likeness (QED) is 0.0926. The van der Waals surface area contributed by atoms with Gasteiger partial charge < -0.3 is 13.6 Å². The molecule has 4 aromatic carbocycles. The van der Waals surface area contributed by atoms with E-state index in [0.717, 1.165) is 55.8 Å². The zero-order valence-corrected chi connectivity index (χ0v) is 34.9. The van der Waals surface area contributed by atoms with Gasteiger partial charge in [0.25, 0.3) is 0 Å². The van der Waals surface area contributed by atoms with Crippen molar-refractivity contribution in [2.24, 2.45) is 5.92 Å². The predicted molar refractivity (Wildman–Crippen MR) is 221 cm³/mol. The maximum atomic E-state index is 6.15. The van der Waals surface area contributed by atoms with Gasteiger partial charge in [0.1, 0.15) is 5.58 Å². The zero-order chi connectivity index (χ0) is 36.6. The Morgan fingerprint density at radius 1 is 0.679 bits per heavy atom. The number of fused-ring (bicyclic) bond motifs is 3. The number of aryl methyl sites for hydroxylation is 1. The third-order valence-electron chi connectivity index (χ3n) is 10.6. The van der Waals surface area contributed by atoms with Crippen LogP contribution in [0.2, 0.25) is 19.6 Å². The summed E-state index contributed by atoms with van der Waals surface area (Å²) in [6.07, 6.45) is 11.1. The van der Waals surface area contributed by atoms with Crippen molar-refractivity contribution in [2.75, 3.05) is 0 Å². The van der Waals surface area contributed by atoms with E-state index in [1.54, 1.807) is 10.8 Å². The normalized spacial score (nSPS) is 13.1. The maximum absolute atomic E-state index is 6.15. The second-order valence-electron chi connectivity index (χ2n) is 15.6. The Balaban J connectivity index is 0.000000179. The van der Waals surface area contributed by atoms with Crippen molar-refractivity contribution in [2.45, 2.75) is 58.7 Å². The molecule has 3 heterocycles. The van der Waals surface area contributed by atoms with Crippen molar-refractivity contribution in [3.05, 3.63) is 166 Å². The molecule has 8 rings (SSSR count). The van der Waals surface area contributed by atoms with Gasteiger partial charge in [0.2, 0.25) is 0 Å². The Bertz CT molecular complexity index is 2380. The van der Waals surface area contributed by atoms with Gasteiger partial charge in [-0.05, 0) is 40.8 Å². The molecule has 0 atom stereocenters. The number of benzene rings is 4. The smallest absolute Gasteiger partial charge is 0.134 e. The number of pyridine rings is 2. The van der Waals surface area contributed by atoms with E-state index in [1.165, 1.54) is 54.5 Å². The molecular weight excluding hydrogens is 841 g/mol. The Kier molecular flexibility index (Phi) is 11.3. The van der Waals surface area contributed by atoms with Crippen LogP contribution < -0.4 is 14.3 Å². The van der Waals surface area contributed by atoms with Gasteiger partial charge in [0.05, 0.1) is 37.4 Å². The zero-order valence-electron chi connectivity index (χ0n) is 31.5. The third kappa shape index (κ3) is 8.13. The first-order chi connectivity index (χ1) is 25.0. The van der Waals surface area contributed by atoms with E-state index < -0.39 is 8.07 Å². The van der Waals surface area contributed by atoms with E-state index >= 15 is 0 Å². The molecule has 1 aliphatic carbocycles. The molecule has 1 fully saturated rings. The molecule has 3 nitrogen and oxygen atoms in total. The molecule has 273 valence electrons. The summed E-state index contributed by atoms with van der Waals surface area (Å²) in [4.78, 5) is 0. The minimum Gasteiger partial charge on any atom is -0.469 e. The summed E-state index contributed by atoms with van der Waals surface area (Å²) in [5, 5.41) is 3.77. The molecule has 0 saturated heterocycles. The molecule has 7 aromatic rings. The first-order valence-electron chi connectivity index (χ1n) is 18.5. The fourth-order valence-corrected chi connectivity index (χ4v) is 9.52. The molecule has 0 N–H and O–H groups in total. The van der Waals surface area contributed by atoms with Crippen LogP contribution in [-0.2, 0) is 26.5 Å². The molecule has 1 saturated carbocycles. The first kappa shape index (κ1) is 38.1. The second kappa shape index (κ2) is 15.7. The number of hydrogen-bond donors (Lipinski definition) is 0. The SMILES string of the molecule is [CH2-]c1cc(C)ccc1-c1cc(CC2CCCC2)c([Si](C)(C)C)c[n+]1[CH2-].[CH2-]c1cc2oc3cc(-c4ccccc4)ccc3c2cc1-c1cccc[n+]1[CH2-].[Ir]. The summed E-state index contributed by atoms with van der Waals surface area (Å²) in [5.74, 6) is 0.862. The largest absolute Gasteiger partial charge is 0.469 e. The Labute approximate surface area is 331 Å². The van der Waals surface area contributed by atoms with Gasteiger partial charge >= 0.3 is 0 Å². The number of nitrogens with zero attached hydrogens (tertiary/aromatic N) is 2. The van der Waals surface area contributed by atoms with Crippen LogP contribution in [0.15, 0.2) is 120 Å². The molecule has 1 radical (unpaired) electrons. The van der Waals surface area contributed by atoms with Crippen LogP contribution >= 0.6 is 0 Å². The van der Waals surface area contributed by atoms with Crippen LogP contribution in [0.5, 0.6) is 0 Å². The number of rotatable bonds is 6. The Morgan fingerprint density at radius 2 is 1.38 bits per heavy atom. The molecule has 0 bridgehead atoms. The molecule has 5 heteroatoms. The van der Waals surface area contributed by atoms with E-state index in [0.29, 0.717) is 0 Å². The number of aromatic nitrogens is 2. The summed E-state index contributed by atoms with van der Waals surface area (Å²) < 4.78 is 10.1. The van der Waals surface area contributed by atoms with Gasteiger partial charge in [-0.25, -0.2) is 0 Å². The van der Waals surface area contributed by atoms with Gasteiger partial charge in [-0.15, -0.1) is 34.9 Å². The van der Waals surface area contributed by atoms with Gasteiger partial charge in [-0.2, -0.15) is 31.0 Å². The first-order valence-corrected chi connectivity index (χ1v) is 22.0. The average molecular weight is 891 g/mol. The maximum Gasteiger partial charge on any atom is 0.134 e. The molecule has 53 heavy (non-hydrogen) atoms.